The number of halogens is 2. The SMILES string of the molecule is Cc1cccc(C(=O)N2CCCN(C(C)c3ccc(F)cc3F)CC2)c1. The number of amides is 1. The first-order valence-electron chi connectivity index (χ1n) is 9.00. The van der Waals surface area contributed by atoms with Crippen molar-refractivity contribution < 1.29 is 13.6 Å². The highest BCUT2D eigenvalue weighted by molar-refractivity contribution is 5.94. The van der Waals surface area contributed by atoms with Crippen LogP contribution in [0, 0.1) is 18.6 Å². The summed E-state index contributed by atoms with van der Waals surface area (Å²) in [5, 5.41) is 0. The van der Waals surface area contributed by atoms with Gasteiger partial charge in [-0.3, -0.25) is 9.69 Å². The molecule has 1 amide bonds. The predicted octanol–water partition coefficient (Wildman–Crippen LogP) is 4.18. The second kappa shape index (κ2) is 7.96. The molecule has 0 saturated carbocycles. The Bertz CT molecular complexity index is 793. The third-order valence-corrected chi connectivity index (χ3v) is 5.04. The van der Waals surface area contributed by atoms with Gasteiger partial charge in [-0.05, 0) is 38.5 Å². The average Bonchev–Trinajstić information content (AvgIpc) is 2.87. The van der Waals surface area contributed by atoms with Crippen LogP contribution >= 0.6 is 0 Å². The summed E-state index contributed by atoms with van der Waals surface area (Å²) in [5.41, 5.74) is 2.26. The molecule has 3 nitrogen and oxygen atoms in total. The number of carbonyl (C=O) groups excluding carboxylic acids is 1. The van der Waals surface area contributed by atoms with Crippen molar-refractivity contribution in [2.75, 3.05) is 26.2 Å². The van der Waals surface area contributed by atoms with E-state index < -0.39 is 11.6 Å². The van der Waals surface area contributed by atoms with E-state index in [1.54, 1.807) is 0 Å². The topological polar surface area (TPSA) is 23.6 Å². The van der Waals surface area contributed by atoms with Crippen molar-refractivity contribution in [3.05, 3.63) is 70.8 Å². The van der Waals surface area contributed by atoms with Crippen molar-refractivity contribution in [2.24, 2.45) is 0 Å². The van der Waals surface area contributed by atoms with Crippen LogP contribution in [0.2, 0.25) is 0 Å². The van der Waals surface area contributed by atoms with Crippen molar-refractivity contribution in [1.29, 1.82) is 0 Å². The van der Waals surface area contributed by atoms with E-state index in [0.29, 0.717) is 30.8 Å². The lowest BCUT2D eigenvalue weighted by molar-refractivity contribution is 0.0758. The van der Waals surface area contributed by atoms with Crippen LogP contribution in [0.3, 0.4) is 0 Å². The standard InChI is InChI=1S/C21H24F2N2O/c1-15-5-3-6-17(13-15)21(26)25-10-4-9-24(11-12-25)16(2)19-8-7-18(22)14-20(19)23/h3,5-8,13-14,16H,4,9-12H2,1-2H3. The van der Waals surface area contributed by atoms with E-state index in [2.05, 4.69) is 4.90 Å². The molecule has 1 aliphatic heterocycles. The number of nitrogens with zero attached hydrogens (tertiary/aromatic N) is 2. The molecule has 3 rings (SSSR count). The zero-order valence-electron chi connectivity index (χ0n) is 15.2. The van der Waals surface area contributed by atoms with Crippen molar-refractivity contribution in [3.8, 4) is 0 Å². The van der Waals surface area contributed by atoms with Gasteiger partial charge in [0.1, 0.15) is 11.6 Å². The Balaban J connectivity index is 1.69. The molecule has 1 heterocycles. The molecule has 0 aliphatic carbocycles. The molecule has 2 aromatic rings. The lowest BCUT2D eigenvalue weighted by Crippen LogP contribution is -2.36. The highest BCUT2D eigenvalue weighted by Crippen LogP contribution is 2.25. The number of rotatable bonds is 3. The summed E-state index contributed by atoms with van der Waals surface area (Å²) in [4.78, 5) is 16.8. The number of carbonyl (C=O) groups is 1. The first kappa shape index (κ1) is 18.5. The monoisotopic (exact) mass is 358 g/mol. The summed E-state index contributed by atoms with van der Waals surface area (Å²) in [6, 6.07) is 11.2. The number of hydrogen-bond acceptors (Lipinski definition) is 2. The van der Waals surface area contributed by atoms with E-state index in [-0.39, 0.29) is 11.9 Å². The molecule has 26 heavy (non-hydrogen) atoms. The van der Waals surface area contributed by atoms with Crippen LogP contribution in [0.1, 0.15) is 40.9 Å². The number of benzene rings is 2. The van der Waals surface area contributed by atoms with Crippen LogP contribution in [0.25, 0.3) is 0 Å². The van der Waals surface area contributed by atoms with Gasteiger partial charge in [-0.15, -0.1) is 0 Å². The minimum absolute atomic E-state index is 0.0381. The van der Waals surface area contributed by atoms with Crippen molar-refractivity contribution in [1.82, 2.24) is 9.80 Å². The third kappa shape index (κ3) is 4.10. The van der Waals surface area contributed by atoms with Crippen LogP contribution < -0.4 is 0 Å². The normalized spacial score (nSPS) is 17.0. The van der Waals surface area contributed by atoms with Crippen LogP contribution in [0.15, 0.2) is 42.5 Å². The Kier molecular flexibility index (Phi) is 5.67. The van der Waals surface area contributed by atoms with Gasteiger partial charge in [-0.1, -0.05) is 23.8 Å². The molecule has 1 unspecified atom stereocenters. The number of hydrogen-bond donors (Lipinski definition) is 0. The molecule has 0 aromatic heterocycles. The van der Waals surface area contributed by atoms with E-state index >= 15 is 0 Å². The van der Waals surface area contributed by atoms with Crippen LogP contribution in [-0.4, -0.2) is 41.9 Å². The van der Waals surface area contributed by atoms with E-state index in [1.807, 2.05) is 43.0 Å². The van der Waals surface area contributed by atoms with Crippen molar-refractivity contribution >= 4 is 5.91 Å². The zero-order chi connectivity index (χ0) is 18.7. The fourth-order valence-electron chi connectivity index (χ4n) is 3.53. The molecule has 5 heteroatoms. The Morgan fingerprint density at radius 3 is 2.58 bits per heavy atom. The van der Waals surface area contributed by atoms with Gasteiger partial charge in [0, 0.05) is 49.4 Å². The summed E-state index contributed by atoms with van der Waals surface area (Å²) < 4.78 is 27.2. The summed E-state index contributed by atoms with van der Waals surface area (Å²) in [6.45, 7) is 6.61. The molecular weight excluding hydrogens is 334 g/mol. The molecule has 0 bridgehead atoms. The molecule has 1 atom stereocenters. The Labute approximate surface area is 153 Å². The zero-order valence-corrected chi connectivity index (χ0v) is 15.2. The molecule has 1 aliphatic rings. The van der Waals surface area contributed by atoms with Gasteiger partial charge < -0.3 is 4.90 Å². The fraction of sp³-hybridized carbons (Fsp3) is 0.381. The smallest absolute Gasteiger partial charge is 0.253 e. The van der Waals surface area contributed by atoms with Gasteiger partial charge in [-0.2, -0.15) is 0 Å². The second-order valence-electron chi connectivity index (χ2n) is 6.89. The first-order valence-corrected chi connectivity index (χ1v) is 9.00. The predicted molar refractivity (Wildman–Crippen MR) is 98.0 cm³/mol. The maximum absolute atomic E-state index is 14.1. The van der Waals surface area contributed by atoms with Crippen molar-refractivity contribution in [2.45, 2.75) is 26.3 Å². The van der Waals surface area contributed by atoms with Gasteiger partial charge in [0.25, 0.3) is 5.91 Å². The van der Waals surface area contributed by atoms with Gasteiger partial charge in [0.15, 0.2) is 0 Å². The molecular formula is C21H24F2N2O. The summed E-state index contributed by atoms with van der Waals surface area (Å²) in [5.74, 6) is -1.05. The summed E-state index contributed by atoms with van der Waals surface area (Å²) in [7, 11) is 0. The van der Waals surface area contributed by atoms with Gasteiger partial charge in [0.05, 0.1) is 0 Å². The molecule has 0 radical (unpaired) electrons. The highest BCUT2D eigenvalue weighted by atomic mass is 19.1. The van der Waals surface area contributed by atoms with E-state index in [9.17, 15) is 13.6 Å². The van der Waals surface area contributed by atoms with E-state index in [4.69, 9.17) is 0 Å². The maximum atomic E-state index is 14.1. The Morgan fingerprint density at radius 2 is 1.85 bits per heavy atom. The average molecular weight is 358 g/mol. The maximum Gasteiger partial charge on any atom is 0.253 e. The minimum Gasteiger partial charge on any atom is -0.337 e. The van der Waals surface area contributed by atoms with Crippen LogP contribution in [0.4, 0.5) is 8.78 Å². The van der Waals surface area contributed by atoms with Crippen molar-refractivity contribution in [3.63, 3.8) is 0 Å². The van der Waals surface area contributed by atoms with E-state index in [0.717, 1.165) is 24.6 Å². The minimum atomic E-state index is -0.566. The fourth-order valence-corrected chi connectivity index (χ4v) is 3.53. The lowest BCUT2D eigenvalue weighted by Gasteiger charge is -2.28. The molecule has 138 valence electrons. The Hall–Kier alpha value is -2.27. The largest absolute Gasteiger partial charge is 0.337 e. The molecule has 0 N–H and O–H groups in total. The quantitative estimate of drug-likeness (QED) is 0.822. The van der Waals surface area contributed by atoms with Crippen LogP contribution in [-0.2, 0) is 0 Å². The molecule has 1 saturated heterocycles. The highest BCUT2D eigenvalue weighted by Gasteiger charge is 2.25. The number of aryl methyl sites for hydroxylation is 1. The first-order chi connectivity index (χ1) is 12.5. The summed E-state index contributed by atoms with van der Waals surface area (Å²) in [6.07, 6.45) is 0.824. The van der Waals surface area contributed by atoms with Gasteiger partial charge in [-0.25, -0.2) is 8.78 Å². The van der Waals surface area contributed by atoms with Gasteiger partial charge >= 0.3 is 0 Å². The van der Waals surface area contributed by atoms with Gasteiger partial charge in [0.2, 0.25) is 0 Å². The molecule has 2 aromatic carbocycles. The van der Waals surface area contributed by atoms with Crippen LogP contribution in [0.5, 0.6) is 0 Å². The van der Waals surface area contributed by atoms with E-state index in [1.165, 1.54) is 12.1 Å². The molecule has 0 spiro atoms. The molecule has 1 fully saturated rings. The second-order valence-corrected chi connectivity index (χ2v) is 6.89. The third-order valence-electron chi connectivity index (χ3n) is 5.04. The summed E-state index contributed by atoms with van der Waals surface area (Å²) >= 11 is 0. The Morgan fingerprint density at radius 1 is 1.04 bits per heavy atom. The lowest BCUT2D eigenvalue weighted by atomic mass is 10.1.